The van der Waals surface area contributed by atoms with E-state index in [-0.39, 0.29) is 6.01 Å². The molecule has 0 saturated heterocycles. The molecule has 0 aromatic carbocycles. The molecule has 0 unspecified atom stereocenters. The van der Waals surface area contributed by atoms with E-state index in [1.165, 1.54) is 11.3 Å². The summed E-state index contributed by atoms with van der Waals surface area (Å²) in [6.45, 7) is 0.666. The molecule has 0 saturated carbocycles. The van der Waals surface area contributed by atoms with Crippen LogP contribution in [0, 0.1) is 0 Å². The van der Waals surface area contributed by atoms with Crippen LogP contribution in [0.1, 0.15) is 4.88 Å². The van der Waals surface area contributed by atoms with Gasteiger partial charge in [-0.3, -0.25) is 0 Å². The van der Waals surface area contributed by atoms with Gasteiger partial charge in [0, 0.05) is 11.9 Å². The highest BCUT2D eigenvalue weighted by atomic mass is 35.5. The second-order valence-corrected chi connectivity index (χ2v) is 4.78. The summed E-state index contributed by atoms with van der Waals surface area (Å²) in [4.78, 5) is 2.94. The van der Waals surface area contributed by atoms with Crippen LogP contribution in [0.3, 0.4) is 0 Å². The number of rotatable bonds is 3. The zero-order valence-corrected chi connectivity index (χ0v) is 9.55. The Morgan fingerprint density at radius 1 is 1.53 bits per heavy atom. The second kappa shape index (κ2) is 4.08. The number of hydrogen-bond donors (Lipinski definition) is 1. The van der Waals surface area contributed by atoms with Crippen molar-refractivity contribution < 1.29 is 4.42 Å². The van der Waals surface area contributed by atoms with E-state index in [2.05, 4.69) is 10.2 Å². The van der Waals surface area contributed by atoms with Gasteiger partial charge in [-0.05, 0) is 12.1 Å². The monoisotopic (exact) mass is 244 g/mol. The lowest BCUT2D eigenvalue weighted by atomic mass is 10.4. The molecule has 0 atom stereocenters. The molecule has 2 heterocycles. The lowest BCUT2D eigenvalue weighted by Gasteiger charge is -2.11. The summed E-state index contributed by atoms with van der Waals surface area (Å²) in [5.74, 6) is 0. The average Bonchev–Trinajstić information content (AvgIpc) is 2.75. The molecule has 0 bridgehead atoms. The van der Waals surface area contributed by atoms with Crippen LogP contribution in [-0.2, 0) is 6.54 Å². The van der Waals surface area contributed by atoms with E-state index < -0.39 is 0 Å². The molecular weight excluding hydrogens is 236 g/mol. The van der Waals surface area contributed by atoms with Crippen LogP contribution in [0.5, 0.6) is 0 Å². The van der Waals surface area contributed by atoms with E-state index >= 15 is 0 Å². The molecule has 7 heteroatoms. The number of nitrogens with zero attached hydrogens (tertiary/aromatic N) is 3. The molecule has 5 nitrogen and oxygen atoms in total. The number of thiophene rings is 1. The number of nitrogens with two attached hydrogens (primary N) is 1. The van der Waals surface area contributed by atoms with E-state index in [0.717, 1.165) is 9.21 Å². The molecule has 15 heavy (non-hydrogen) atoms. The molecule has 0 aliphatic carbocycles. The second-order valence-electron chi connectivity index (χ2n) is 2.98. The zero-order chi connectivity index (χ0) is 10.8. The summed E-state index contributed by atoms with van der Waals surface area (Å²) in [6.07, 6.45) is 0. The first-order chi connectivity index (χ1) is 7.15. The van der Waals surface area contributed by atoms with Crippen molar-refractivity contribution in [3.8, 4) is 0 Å². The minimum Gasteiger partial charge on any atom is -0.390 e. The van der Waals surface area contributed by atoms with Gasteiger partial charge in [0.25, 0.3) is 0 Å². The minimum atomic E-state index is 0.0704. The molecule has 2 rings (SSSR count). The van der Waals surface area contributed by atoms with Crippen LogP contribution in [0.2, 0.25) is 4.34 Å². The molecule has 0 amide bonds. The van der Waals surface area contributed by atoms with E-state index in [9.17, 15) is 0 Å². The lowest BCUT2D eigenvalue weighted by Crippen LogP contribution is -2.15. The molecule has 2 aromatic heterocycles. The maximum Gasteiger partial charge on any atom is 0.319 e. The van der Waals surface area contributed by atoms with Gasteiger partial charge >= 0.3 is 12.0 Å². The molecule has 2 N–H and O–H groups in total. The third-order valence-corrected chi connectivity index (χ3v) is 2.99. The Labute approximate surface area is 95.5 Å². The Hall–Kier alpha value is -1.27. The van der Waals surface area contributed by atoms with Gasteiger partial charge in [-0.2, -0.15) is 0 Å². The van der Waals surface area contributed by atoms with Crippen molar-refractivity contribution in [1.82, 2.24) is 10.2 Å². The molecule has 0 fully saturated rings. The SMILES string of the molecule is CN(Cc1ccc(Cl)s1)c1nnc(N)o1. The van der Waals surface area contributed by atoms with Crippen LogP contribution in [0.25, 0.3) is 0 Å². The van der Waals surface area contributed by atoms with Crippen LogP contribution in [-0.4, -0.2) is 17.2 Å². The summed E-state index contributed by atoms with van der Waals surface area (Å²) >= 11 is 7.34. The number of hydrogen-bond acceptors (Lipinski definition) is 6. The van der Waals surface area contributed by atoms with E-state index in [0.29, 0.717) is 12.6 Å². The summed E-state index contributed by atoms with van der Waals surface area (Å²) in [5.41, 5.74) is 5.33. The Balaban J connectivity index is 2.06. The Morgan fingerprint density at radius 2 is 2.33 bits per heavy atom. The molecule has 0 radical (unpaired) electrons. The Morgan fingerprint density at radius 3 is 2.87 bits per heavy atom. The predicted octanol–water partition coefficient (Wildman–Crippen LogP) is 2.00. The highest BCUT2D eigenvalue weighted by molar-refractivity contribution is 7.16. The van der Waals surface area contributed by atoms with Gasteiger partial charge in [0.1, 0.15) is 0 Å². The fourth-order valence-electron chi connectivity index (χ4n) is 1.12. The van der Waals surface area contributed by atoms with Crippen molar-refractivity contribution in [2.75, 3.05) is 17.7 Å². The number of aromatic nitrogens is 2. The molecule has 80 valence electrons. The van der Waals surface area contributed by atoms with Gasteiger partial charge in [-0.25, -0.2) is 0 Å². The zero-order valence-electron chi connectivity index (χ0n) is 7.98. The highest BCUT2D eigenvalue weighted by Crippen LogP contribution is 2.23. The fourth-order valence-corrected chi connectivity index (χ4v) is 2.26. The number of anilines is 2. The normalized spacial score (nSPS) is 10.5. The lowest BCUT2D eigenvalue weighted by molar-refractivity contribution is 0.560. The van der Waals surface area contributed by atoms with Crippen LogP contribution in [0.4, 0.5) is 12.0 Å². The van der Waals surface area contributed by atoms with Crippen LogP contribution < -0.4 is 10.6 Å². The third-order valence-electron chi connectivity index (χ3n) is 1.78. The minimum absolute atomic E-state index is 0.0704. The highest BCUT2D eigenvalue weighted by Gasteiger charge is 2.10. The smallest absolute Gasteiger partial charge is 0.319 e. The molecule has 0 aliphatic rings. The first-order valence-electron chi connectivity index (χ1n) is 4.19. The third kappa shape index (κ3) is 2.40. The molecule has 0 spiro atoms. The topological polar surface area (TPSA) is 68.2 Å². The number of halogens is 1. The Bertz CT molecular complexity index is 455. The van der Waals surface area contributed by atoms with Gasteiger partial charge in [0.05, 0.1) is 10.9 Å². The van der Waals surface area contributed by atoms with Gasteiger partial charge < -0.3 is 15.1 Å². The van der Waals surface area contributed by atoms with Crippen molar-refractivity contribution in [2.45, 2.75) is 6.54 Å². The fraction of sp³-hybridized carbons (Fsp3) is 0.250. The van der Waals surface area contributed by atoms with Gasteiger partial charge in [0.15, 0.2) is 0 Å². The summed E-state index contributed by atoms with van der Waals surface area (Å²) < 4.78 is 5.84. The van der Waals surface area contributed by atoms with Crippen molar-refractivity contribution >= 4 is 35.0 Å². The van der Waals surface area contributed by atoms with Crippen molar-refractivity contribution in [1.29, 1.82) is 0 Å². The first kappa shape index (κ1) is 10.3. The van der Waals surface area contributed by atoms with Crippen molar-refractivity contribution in [3.05, 3.63) is 21.3 Å². The largest absolute Gasteiger partial charge is 0.390 e. The summed E-state index contributed by atoms with van der Waals surface area (Å²) in [5, 5.41) is 7.36. The number of nitrogen functional groups attached to an aromatic ring is 1. The standard InChI is InChI=1S/C8H9ClN4OS/c1-13(8-12-11-7(10)14-8)4-5-2-3-6(9)15-5/h2-3H,4H2,1H3,(H2,10,11). The quantitative estimate of drug-likeness (QED) is 0.895. The van der Waals surface area contributed by atoms with Crippen molar-refractivity contribution in [3.63, 3.8) is 0 Å². The maximum absolute atomic E-state index is 5.82. The van der Waals surface area contributed by atoms with Crippen LogP contribution in [0.15, 0.2) is 16.5 Å². The van der Waals surface area contributed by atoms with Crippen LogP contribution >= 0.6 is 22.9 Å². The van der Waals surface area contributed by atoms with Gasteiger partial charge in [-0.1, -0.05) is 21.8 Å². The molecular formula is C8H9ClN4OS. The summed E-state index contributed by atoms with van der Waals surface area (Å²) in [7, 11) is 1.85. The molecule has 2 aromatic rings. The van der Waals surface area contributed by atoms with E-state index in [4.69, 9.17) is 21.8 Å². The van der Waals surface area contributed by atoms with Crippen molar-refractivity contribution in [2.24, 2.45) is 0 Å². The van der Waals surface area contributed by atoms with E-state index in [1.807, 2.05) is 24.1 Å². The Kier molecular flexibility index (Phi) is 2.79. The maximum atomic E-state index is 5.82. The van der Waals surface area contributed by atoms with E-state index in [1.54, 1.807) is 0 Å². The van der Waals surface area contributed by atoms with Gasteiger partial charge in [-0.15, -0.1) is 11.3 Å². The first-order valence-corrected chi connectivity index (χ1v) is 5.39. The average molecular weight is 245 g/mol. The molecule has 0 aliphatic heterocycles. The summed E-state index contributed by atoms with van der Waals surface area (Å²) in [6, 6.07) is 4.29. The predicted molar refractivity (Wildman–Crippen MR) is 60.1 cm³/mol. The van der Waals surface area contributed by atoms with Gasteiger partial charge in [0.2, 0.25) is 0 Å².